The predicted molar refractivity (Wildman–Crippen MR) is 70.8 cm³/mol. The molecule has 0 bridgehead atoms. The fraction of sp³-hybridized carbons (Fsp3) is 0.500. The number of carboxylic acids is 1. The van der Waals surface area contributed by atoms with Gasteiger partial charge in [0.1, 0.15) is 11.8 Å². The zero-order valence-electron chi connectivity index (χ0n) is 11.3. The summed E-state index contributed by atoms with van der Waals surface area (Å²) >= 11 is 0. The molecule has 100 valence electrons. The minimum absolute atomic E-state index is 0.162. The van der Waals surface area contributed by atoms with Gasteiger partial charge in [0.05, 0.1) is 0 Å². The SMILES string of the molecule is CN(C(Cc1cccc(O)c1)C(=O)O)C(C)(C)C. The monoisotopic (exact) mass is 251 g/mol. The number of benzene rings is 1. The Morgan fingerprint density at radius 3 is 2.44 bits per heavy atom. The van der Waals surface area contributed by atoms with Gasteiger partial charge < -0.3 is 10.2 Å². The zero-order valence-corrected chi connectivity index (χ0v) is 11.3. The van der Waals surface area contributed by atoms with E-state index in [0.29, 0.717) is 6.42 Å². The van der Waals surface area contributed by atoms with Crippen LogP contribution in [0.15, 0.2) is 24.3 Å². The van der Waals surface area contributed by atoms with Crippen LogP contribution in [-0.2, 0) is 11.2 Å². The van der Waals surface area contributed by atoms with Gasteiger partial charge in [-0.25, -0.2) is 0 Å². The number of carboxylic acid groups (broad SMARTS) is 1. The second-order valence-corrected chi connectivity index (χ2v) is 5.51. The Bertz CT molecular complexity index is 423. The lowest BCUT2D eigenvalue weighted by Crippen LogP contribution is -2.50. The molecule has 1 atom stereocenters. The first kappa shape index (κ1) is 14.5. The summed E-state index contributed by atoms with van der Waals surface area (Å²) in [5.74, 6) is -0.689. The first-order valence-corrected chi connectivity index (χ1v) is 5.95. The highest BCUT2D eigenvalue weighted by molar-refractivity contribution is 5.74. The first-order chi connectivity index (χ1) is 8.21. The average molecular weight is 251 g/mol. The van der Waals surface area contributed by atoms with Gasteiger partial charge in [-0.1, -0.05) is 12.1 Å². The van der Waals surface area contributed by atoms with E-state index in [1.54, 1.807) is 18.2 Å². The van der Waals surface area contributed by atoms with Gasteiger partial charge in [0.25, 0.3) is 0 Å². The quantitative estimate of drug-likeness (QED) is 0.860. The van der Waals surface area contributed by atoms with Crippen molar-refractivity contribution in [1.82, 2.24) is 4.90 Å². The summed E-state index contributed by atoms with van der Waals surface area (Å²) < 4.78 is 0. The molecule has 0 aliphatic rings. The Kier molecular flexibility index (Phi) is 4.35. The van der Waals surface area contributed by atoms with Gasteiger partial charge in [-0.15, -0.1) is 0 Å². The van der Waals surface area contributed by atoms with Crippen molar-refractivity contribution in [3.05, 3.63) is 29.8 Å². The Labute approximate surface area is 108 Å². The average Bonchev–Trinajstić information content (AvgIpc) is 2.23. The van der Waals surface area contributed by atoms with Gasteiger partial charge in [0.2, 0.25) is 0 Å². The Balaban J connectivity index is 2.91. The number of aliphatic carboxylic acids is 1. The Morgan fingerprint density at radius 2 is 2.00 bits per heavy atom. The topological polar surface area (TPSA) is 60.8 Å². The maximum atomic E-state index is 11.4. The van der Waals surface area contributed by atoms with Crippen LogP contribution in [-0.4, -0.2) is 39.7 Å². The van der Waals surface area contributed by atoms with Crippen LogP contribution in [0, 0.1) is 0 Å². The highest BCUT2D eigenvalue weighted by atomic mass is 16.4. The highest BCUT2D eigenvalue weighted by Gasteiger charge is 2.30. The van der Waals surface area contributed by atoms with E-state index in [2.05, 4.69) is 0 Å². The number of nitrogens with zero attached hydrogens (tertiary/aromatic N) is 1. The van der Waals surface area contributed by atoms with E-state index >= 15 is 0 Å². The van der Waals surface area contributed by atoms with Crippen LogP contribution in [0.4, 0.5) is 0 Å². The van der Waals surface area contributed by atoms with Crippen LogP contribution in [0.3, 0.4) is 0 Å². The molecule has 4 nitrogen and oxygen atoms in total. The molecule has 0 heterocycles. The van der Waals surface area contributed by atoms with E-state index < -0.39 is 12.0 Å². The molecule has 0 saturated heterocycles. The highest BCUT2D eigenvalue weighted by Crippen LogP contribution is 2.19. The maximum absolute atomic E-state index is 11.4. The second-order valence-electron chi connectivity index (χ2n) is 5.51. The van der Waals surface area contributed by atoms with Crippen LogP contribution in [0.1, 0.15) is 26.3 Å². The molecule has 1 rings (SSSR count). The maximum Gasteiger partial charge on any atom is 0.321 e. The summed E-state index contributed by atoms with van der Waals surface area (Å²) in [5, 5.41) is 18.7. The number of likely N-dealkylation sites (N-methyl/N-ethyl adjacent to an activating group) is 1. The van der Waals surface area contributed by atoms with Crippen LogP contribution >= 0.6 is 0 Å². The zero-order chi connectivity index (χ0) is 13.9. The van der Waals surface area contributed by atoms with Gasteiger partial charge in [-0.2, -0.15) is 0 Å². The van der Waals surface area contributed by atoms with Crippen LogP contribution in [0.5, 0.6) is 5.75 Å². The van der Waals surface area contributed by atoms with Gasteiger partial charge in [0, 0.05) is 5.54 Å². The van der Waals surface area contributed by atoms with Gasteiger partial charge >= 0.3 is 5.97 Å². The summed E-state index contributed by atoms with van der Waals surface area (Å²) in [6, 6.07) is 6.12. The number of hydrogen-bond acceptors (Lipinski definition) is 3. The van der Waals surface area contributed by atoms with Crippen molar-refractivity contribution in [3.63, 3.8) is 0 Å². The molecule has 0 aromatic heterocycles. The van der Waals surface area contributed by atoms with E-state index in [4.69, 9.17) is 0 Å². The van der Waals surface area contributed by atoms with E-state index in [9.17, 15) is 15.0 Å². The van der Waals surface area contributed by atoms with E-state index in [1.807, 2.05) is 38.8 Å². The summed E-state index contributed by atoms with van der Waals surface area (Å²) in [4.78, 5) is 13.2. The lowest BCUT2D eigenvalue weighted by atomic mass is 9.99. The van der Waals surface area contributed by atoms with E-state index in [-0.39, 0.29) is 11.3 Å². The number of phenols is 1. The molecular weight excluding hydrogens is 230 g/mol. The summed E-state index contributed by atoms with van der Waals surface area (Å²) in [6.45, 7) is 5.93. The van der Waals surface area contributed by atoms with Crippen LogP contribution in [0.2, 0.25) is 0 Å². The third-order valence-electron chi connectivity index (χ3n) is 3.15. The molecule has 1 aromatic rings. The second kappa shape index (κ2) is 5.40. The summed E-state index contributed by atoms with van der Waals surface area (Å²) in [6.07, 6.45) is 0.373. The Morgan fingerprint density at radius 1 is 1.39 bits per heavy atom. The van der Waals surface area contributed by atoms with Crippen molar-refractivity contribution in [2.75, 3.05) is 7.05 Å². The molecule has 0 radical (unpaired) electrons. The molecule has 0 aliphatic carbocycles. The fourth-order valence-corrected chi connectivity index (χ4v) is 1.76. The first-order valence-electron chi connectivity index (χ1n) is 5.95. The summed E-state index contributed by atoms with van der Waals surface area (Å²) in [5.41, 5.74) is 0.596. The van der Waals surface area contributed by atoms with Gasteiger partial charge in [-0.3, -0.25) is 9.69 Å². The van der Waals surface area contributed by atoms with Crippen LogP contribution < -0.4 is 0 Å². The van der Waals surface area contributed by atoms with Crippen LogP contribution in [0.25, 0.3) is 0 Å². The standard InChI is InChI=1S/C14H21NO3/c1-14(2,3)15(4)12(13(17)18)9-10-6-5-7-11(16)8-10/h5-8,12,16H,9H2,1-4H3,(H,17,18). The molecule has 2 N–H and O–H groups in total. The lowest BCUT2D eigenvalue weighted by molar-refractivity contribution is -0.144. The van der Waals surface area contributed by atoms with Crippen molar-refractivity contribution in [3.8, 4) is 5.75 Å². The molecular formula is C14H21NO3. The van der Waals surface area contributed by atoms with Crippen molar-refractivity contribution >= 4 is 5.97 Å². The number of carbonyl (C=O) groups is 1. The minimum atomic E-state index is -0.851. The molecule has 18 heavy (non-hydrogen) atoms. The van der Waals surface area contributed by atoms with Crippen molar-refractivity contribution < 1.29 is 15.0 Å². The smallest absolute Gasteiger partial charge is 0.321 e. The number of hydrogen-bond donors (Lipinski definition) is 2. The van der Waals surface area contributed by atoms with Crippen molar-refractivity contribution in [2.45, 2.75) is 38.8 Å². The third kappa shape index (κ3) is 3.74. The van der Waals surface area contributed by atoms with E-state index in [1.165, 1.54) is 0 Å². The predicted octanol–water partition coefficient (Wildman–Crippen LogP) is 2.12. The normalized spacial score (nSPS) is 13.6. The minimum Gasteiger partial charge on any atom is -0.508 e. The molecule has 0 saturated carbocycles. The lowest BCUT2D eigenvalue weighted by Gasteiger charge is -2.36. The number of phenolic OH excluding ortho intramolecular Hbond substituents is 1. The third-order valence-corrected chi connectivity index (χ3v) is 3.15. The molecule has 0 amide bonds. The van der Waals surface area contributed by atoms with E-state index in [0.717, 1.165) is 5.56 Å². The molecule has 4 heteroatoms. The fourth-order valence-electron chi connectivity index (χ4n) is 1.76. The van der Waals surface area contributed by atoms with Crippen molar-refractivity contribution in [1.29, 1.82) is 0 Å². The number of rotatable bonds is 4. The number of aromatic hydroxyl groups is 1. The molecule has 0 aliphatic heterocycles. The van der Waals surface area contributed by atoms with Crippen molar-refractivity contribution in [2.24, 2.45) is 0 Å². The molecule has 1 aromatic carbocycles. The molecule has 0 spiro atoms. The van der Waals surface area contributed by atoms with Gasteiger partial charge in [-0.05, 0) is 51.9 Å². The molecule has 1 unspecified atom stereocenters. The largest absolute Gasteiger partial charge is 0.508 e. The van der Waals surface area contributed by atoms with Gasteiger partial charge in [0.15, 0.2) is 0 Å². The molecule has 0 fully saturated rings. The summed E-state index contributed by atoms with van der Waals surface area (Å²) in [7, 11) is 1.81. The Hall–Kier alpha value is -1.55.